The van der Waals surface area contributed by atoms with E-state index in [-0.39, 0.29) is 5.56 Å². The Bertz CT molecular complexity index is 3850. The monoisotopic (exact) mass is 1190 g/mol. The predicted molar refractivity (Wildman–Crippen MR) is 365 cm³/mol. The molecule has 8 aromatic carbocycles. The standard InChI is InChI=1S/C78H81N3O4S2/c1-5-9-13-17-22-55-29-37-60(38-30-55)78(61-39-31-56(32-40-61)23-18-14-10-6-2)69-25-21-24-66-71(81(62-41-45-64(46-42-62)84-52-19-15-11-7-3)63-43-47-65(48-44-63)85-53-20-16-12-8-4)51-50-68(73(66)69)76-70(78)54-72(86-76)67-49-36-58(74-75(67)80-87-79-74)33-26-57-27-34-59(35-28-57)77(82)83/h21,24-25,27-32,34-51,54H,5-20,22-23,52-53H2,1-4H3,(H,82,83). The Morgan fingerprint density at radius 1 is 0.529 bits per heavy atom. The summed E-state index contributed by atoms with van der Waals surface area (Å²) in [6, 6.07) is 61.8. The predicted octanol–water partition coefficient (Wildman–Crippen LogP) is 21.7. The second kappa shape index (κ2) is 29.1. The highest BCUT2D eigenvalue weighted by atomic mass is 32.1. The number of fused-ring (bicyclic) bond motifs is 3. The number of hydrogen-bond donors (Lipinski definition) is 1. The van der Waals surface area contributed by atoms with Gasteiger partial charge in [-0.3, -0.25) is 0 Å². The molecule has 87 heavy (non-hydrogen) atoms. The van der Waals surface area contributed by atoms with Crippen molar-refractivity contribution in [3.63, 3.8) is 0 Å². The van der Waals surface area contributed by atoms with Crippen LogP contribution in [0, 0.1) is 11.8 Å². The molecule has 0 saturated heterocycles. The van der Waals surface area contributed by atoms with E-state index in [0.717, 1.165) is 92.2 Å². The Labute approximate surface area is 523 Å². The van der Waals surface area contributed by atoms with Gasteiger partial charge < -0.3 is 19.5 Å². The fraction of sp³-hybridized carbons (Fsp3) is 0.321. The lowest BCUT2D eigenvalue weighted by atomic mass is 9.61. The number of aryl methyl sites for hydroxylation is 2. The summed E-state index contributed by atoms with van der Waals surface area (Å²) < 4.78 is 22.6. The molecule has 11 rings (SSSR count). The highest BCUT2D eigenvalue weighted by Gasteiger charge is 2.46. The van der Waals surface area contributed by atoms with Crippen molar-refractivity contribution < 1.29 is 19.4 Å². The van der Waals surface area contributed by atoms with Crippen molar-refractivity contribution in [2.24, 2.45) is 0 Å². The molecule has 0 atom stereocenters. The van der Waals surface area contributed by atoms with E-state index < -0.39 is 11.4 Å². The molecule has 2 heterocycles. The molecular weight excluding hydrogens is 1110 g/mol. The first kappa shape index (κ1) is 60.6. The molecule has 0 aliphatic heterocycles. The maximum absolute atomic E-state index is 11.6. The first-order chi connectivity index (χ1) is 42.8. The largest absolute Gasteiger partial charge is 0.494 e. The average molecular weight is 1190 g/mol. The molecule has 1 aliphatic carbocycles. The molecule has 1 N–H and O–H groups in total. The third kappa shape index (κ3) is 13.4. The second-order valence-corrected chi connectivity index (χ2v) is 25.0. The quantitative estimate of drug-likeness (QED) is 0.0369. The van der Waals surface area contributed by atoms with Crippen molar-refractivity contribution in [2.45, 2.75) is 149 Å². The van der Waals surface area contributed by atoms with Crippen molar-refractivity contribution in [3.05, 3.63) is 220 Å². The van der Waals surface area contributed by atoms with E-state index in [1.165, 1.54) is 151 Å². The number of aromatic nitrogens is 2. The van der Waals surface area contributed by atoms with Gasteiger partial charge >= 0.3 is 5.97 Å². The zero-order valence-corrected chi connectivity index (χ0v) is 52.8. The molecule has 0 radical (unpaired) electrons. The summed E-state index contributed by atoms with van der Waals surface area (Å²) in [6.45, 7) is 10.5. The molecule has 10 aromatic rings. The van der Waals surface area contributed by atoms with Crippen molar-refractivity contribution in [1.82, 2.24) is 8.75 Å². The molecule has 7 nitrogen and oxygen atoms in total. The van der Waals surface area contributed by atoms with E-state index in [1.807, 2.05) is 11.3 Å². The van der Waals surface area contributed by atoms with Gasteiger partial charge in [-0.05, 0) is 174 Å². The SMILES string of the molecule is CCCCCCOc1ccc(N(c2ccc(OCCCCCC)cc2)c2ccc3c4c(cccc24)C(c2ccc(CCCCCC)cc2)(c2ccc(CCCCCC)cc2)c2cc(-c4ccc(C#Cc5ccc(C(=O)O)cc5)c5nsnc45)sc2-3)cc1. The van der Waals surface area contributed by atoms with Gasteiger partial charge in [0.05, 0.1) is 47.2 Å². The Balaban J connectivity index is 1.10. The second-order valence-electron chi connectivity index (χ2n) is 23.4. The number of hydrogen-bond acceptors (Lipinski definition) is 8. The molecule has 0 amide bonds. The molecule has 2 aromatic heterocycles. The normalized spacial score (nSPS) is 12.2. The topological polar surface area (TPSA) is 84.8 Å². The van der Waals surface area contributed by atoms with Crippen LogP contribution in [0.4, 0.5) is 17.1 Å². The number of carboxylic acids is 1. The minimum atomic E-state index is -0.964. The number of ether oxygens (including phenoxy) is 2. The number of thiophene rings is 1. The summed E-state index contributed by atoms with van der Waals surface area (Å²) in [7, 11) is 0. The third-order valence-corrected chi connectivity index (χ3v) is 19.1. The van der Waals surface area contributed by atoms with Crippen LogP contribution in [0.2, 0.25) is 0 Å². The Morgan fingerprint density at radius 3 is 1.62 bits per heavy atom. The molecule has 1 aliphatic rings. The molecule has 0 spiro atoms. The Hall–Kier alpha value is -8.03. The Kier molecular flexibility index (Phi) is 20.3. The van der Waals surface area contributed by atoms with Crippen molar-refractivity contribution in [1.29, 1.82) is 0 Å². The van der Waals surface area contributed by atoms with Gasteiger partial charge in [0, 0.05) is 43.2 Å². The van der Waals surface area contributed by atoms with E-state index in [1.54, 1.807) is 24.3 Å². The zero-order valence-electron chi connectivity index (χ0n) is 51.1. The van der Waals surface area contributed by atoms with Crippen molar-refractivity contribution >= 4 is 67.9 Å². The maximum Gasteiger partial charge on any atom is 0.335 e. The smallest absolute Gasteiger partial charge is 0.335 e. The number of nitrogens with zero attached hydrogens (tertiary/aromatic N) is 3. The van der Waals surface area contributed by atoms with Crippen LogP contribution < -0.4 is 14.4 Å². The number of carboxylic acid groups (broad SMARTS) is 1. The number of carbonyl (C=O) groups is 1. The lowest BCUT2D eigenvalue weighted by Crippen LogP contribution is -2.33. The molecule has 0 bridgehead atoms. The van der Waals surface area contributed by atoms with E-state index in [4.69, 9.17) is 18.2 Å². The van der Waals surface area contributed by atoms with Gasteiger partial charge in [0.25, 0.3) is 0 Å². The van der Waals surface area contributed by atoms with E-state index >= 15 is 0 Å². The molecular formula is C78H81N3O4S2. The van der Waals surface area contributed by atoms with Crippen LogP contribution in [0.25, 0.3) is 42.7 Å². The van der Waals surface area contributed by atoms with E-state index in [0.29, 0.717) is 13.2 Å². The lowest BCUT2D eigenvalue weighted by molar-refractivity contribution is 0.0696. The highest BCUT2D eigenvalue weighted by molar-refractivity contribution is 7.19. The number of aromatic carboxylic acids is 1. The number of benzene rings is 8. The first-order valence-corrected chi connectivity index (χ1v) is 33.6. The fourth-order valence-electron chi connectivity index (χ4n) is 12.6. The minimum absolute atomic E-state index is 0.227. The van der Waals surface area contributed by atoms with Gasteiger partial charge in [0.15, 0.2) is 0 Å². The fourth-order valence-corrected chi connectivity index (χ4v) is 14.5. The first-order valence-electron chi connectivity index (χ1n) is 32.1. The Morgan fingerprint density at radius 2 is 1.07 bits per heavy atom. The van der Waals surface area contributed by atoms with Crippen molar-refractivity contribution in [2.75, 3.05) is 18.1 Å². The molecule has 0 saturated carbocycles. The number of unbranched alkanes of at least 4 members (excludes halogenated alkanes) is 12. The molecule has 444 valence electrons. The summed E-state index contributed by atoms with van der Waals surface area (Å²) in [5.74, 6) is 7.41. The van der Waals surface area contributed by atoms with E-state index in [9.17, 15) is 9.90 Å². The average Bonchev–Trinajstić information content (AvgIpc) is 1.69. The molecule has 0 unspecified atom stereocenters. The van der Waals surface area contributed by atoms with Crippen LogP contribution in [0.15, 0.2) is 170 Å². The summed E-state index contributed by atoms with van der Waals surface area (Å²) in [6.07, 6.45) is 21.1. The van der Waals surface area contributed by atoms with Crippen LogP contribution in [0.5, 0.6) is 11.5 Å². The van der Waals surface area contributed by atoms with Crippen molar-refractivity contribution in [3.8, 4) is 44.2 Å². The summed E-state index contributed by atoms with van der Waals surface area (Å²) in [5.41, 5.74) is 15.6. The zero-order chi connectivity index (χ0) is 60.0. The van der Waals surface area contributed by atoms with Gasteiger partial charge in [-0.2, -0.15) is 8.75 Å². The van der Waals surface area contributed by atoms with Gasteiger partial charge in [-0.1, -0.05) is 189 Å². The summed E-state index contributed by atoms with van der Waals surface area (Å²) in [5, 5.41) is 11.9. The summed E-state index contributed by atoms with van der Waals surface area (Å²) >= 11 is 3.04. The minimum Gasteiger partial charge on any atom is -0.494 e. The molecule has 0 fully saturated rings. The maximum atomic E-state index is 11.6. The molecule has 9 heteroatoms. The van der Waals surface area contributed by atoms with Gasteiger partial charge in [0.2, 0.25) is 0 Å². The van der Waals surface area contributed by atoms with Gasteiger partial charge in [-0.15, -0.1) is 11.3 Å². The van der Waals surface area contributed by atoms with Crippen LogP contribution >= 0.6 is 23.1 Å². The third-order valence-electron chi connectivity index (χ3n) is 17.3. The van der Waals surface area contributed by atoms with Crippen LogP contribution in [-0.2, 0) is 18.3 Å². The summed E-state index contributed by atoms with van der Waals surface area (Å²) in [4.78, 5) is 16.4. The van der Waals surface area contributed by atoms with Gasteiger partial charge in [0.1, 0.15) is 22.5 Å². The highest BCUT2D eigenvalue weighted by Crippen LogP contribution is 2.60. The van der Waals surface area contributed by atoms with Gasteiger partial charge in [-0.25, -0.2) is 4.79 Å². The lowest BCUT2D eigenvalue weighted by Gasteiger charge is -2.41. The van der Waals surface area contributed by atoms with Crippen LogP contribution in [0.1, 0.15) is 185 Å². The number of rotatable bonds is 29. The van der Waals surface area contributed by atoms with Crippen LogP contribution in [0.3, 0.4) is 0 Å². The van der Waals surface area contributed by atoms with E-state index in [2.05, 4.69) is 190 Å². The van der Waals surface area contributed by atoms with Crippen LogP contribution in [-0.4, -0.2) is 33.0 Å². The number of anilines is 3.